The van der Waals surface area contributed by atoms with Crippen LogP contribution in [0.5, 0.6) is 0 Å². The van der Waals surface area contributed by atoms with Crippen LogP contribution in [-0.4, -0.2) is 33.2 Å². The maximum atomic E-state index is 11.5. The average molecular weight is 211 g/mol. The minimum absolute atomic E-state index is 0.213. The fraction of sp³-hybridized carbons (Fsp3) is 0.667. The third-order valence-corrected chi connectivity index (χ3v) is 2.64. The molecular weight excluding hydrogens is 194 g/mol. The minimum atomic E-state index is -0.338. The summed E-state index contributed by atoms with van der Waals surface area (Å²) in [7, 11) is 0. The van der Waals surface area contributed by atoms with Crippen LogP contribution in [0, 0.1) is 0 Å². The molecule has 0 aliphatic carbocycles. The van der Waals surface area contributed by atoms with Crippen LogP contribution in [0.25, 0.3) is 0 Å². The van der Waals surface area contributed by atoms with Gasteiger partial charge >= 0.3 is 0 Å². The molecule has 1 aromatic heterocycles. The van der Waals surface area contributed by atoms with Crippen LogP contribution < -0.4 is 11.1 Å². The number of aromatic amines is 1. The summed E-state index contributed by atoms with van der Waals surface area (Å²) in [5, 5.41) is 8.82. The van der Waals surface area contributed by atoms with Gasteiger partial charge in [-0.05, 0) is 12.8 Å². The number of carbonyl (C=O) groups is 1. The van der Waals surface area contributed by atoms with Gasteiger partial charge in [0, 0.05) is 12.1 Å². The minimum Gasteiger partial charge on any atom is -0.347 e. The largest absolute Gasteiger partial charge is 0.347 e. The second-order valence-electron chi connectivity index (χ2n) is 3.59. The molecule has 1 amide bonds. The molecule has 0 aliphatic heterocycles. The Hall–Kier alpha value is -1.43. The van der Waals surface area contributed by atoms with Gasteiger partial charge in [0.1, 0.15) is 6.33 Å². The molecule has 0 saturated carbocycles. The zero-order valence-corrected chi connectivity index (χ0v) is 9.08. The van der Waals surface area contributed by atoms with E-state index in [9.17, 15) is 4.79 Å². The topological polar surface area (TPSA) is 96.7 Å². The lowest BCUT2D eigenvalue weighted by atomic mass is 9.94. The van der Waals surface area contributed by atoms with E-state index in [-0.39, 0.29) is 17.3 Å². The van der Waals surface area contributed by atoms with Crippen molar-refractivity contribution in [3.8, 4) is 0 Å². The van der Waals surface area contributed by atoms with E-state index in [1.54, 1.807) is 0 Å². The number of nitrogens with zero attached hydrogens (tertiary/aromatic N) is 2. The van der Waals surface area contributed by atoms with Crippen molar-refractivity contribution in [1.82, 2.24) is 20.5 Å². The molecule has 0 spiro atoms. The summed E-state index contributed by atoms with van der Waals surface area (Å²) < 4.78 is 0. The fourth-order valence-electron chi connectivity index (χ4n) is 1.15. The Morgan fingerprint density at radius 2 is 2.27 bits per heavy atom. The van der Waals surface area contributed by atoms with E-state index in [1.165, 1.54) is 6.33 Å². The van der Waals surface area contributed by atoms with E-state index in [0.717, 1.165) is 12.8 Å². The highest BCUT2D eigenvalue weighted by molar-refractivity contribution is 5.90. The fourth-order valence-corrected chi connectivity index (χ4v) is 1.15. The lowest BCUT2D eigenvalue weighted by Crippen LogP contribution is -2.49. The maximum Gasteiger partial charge on any atom is 0.288 e. The molecule has 6 heteroatoms. The van der Waals surface area contributed by atoms with Crippen LogP contribution in [0.3, 0.4) is 0 Å². The van der Waals surface area contributed by atoms with Gasteiger partial charge in [-0.2, -0.15) is 5.10 Å². The summed E-state index contributed by atoms with van der Waals surface area (Å²) >= 11 is 0. The molecule has 15 heavy (non-hydrogen) atoms. The van der Waals surface area contributed by atoms with Gasteiger partial charge < -0.3 is 11.1 Å². The SMILES string of the molecule is CCC(N)(CC)CNC(=O)c1ncn[nH]1. The summed E-state index contributed by atoms with van der Waals surface area (Å²) in [6.45, 7) is 4.45. The zero-order chi connectivity index (χ0) is 11.3. The molecule has 1 rings (SSSR count). The number of hydrogen-bond donors (Lipinski definition) is 3. The summed E-state index contributed by atoms with van der Waals surface area (Å²) in [4.78, 5) is 15.2. The number of amides is 1. The molecule has 0 unspecified atom stereocenters. The van der Waals surface area contributed by atoms with E-state index in [0.29, 0.717) is 6.54 Å². The van der Waals surface area contributed by atoms with Crippen molar-refractivity contribution in [2.45, 2.75) is 32.2 Å². The zero-order valence-electron chi connectivity index (χ0n) is 9.08. The average Bonchev–Trinajstić information content (AvgIpc) is 2.79. The van der Waals surface area contributed by atoms with Crippen molar-refractivity contribution in [2.24, 2.45) is 5.73 Å². The van der Waals surface area contributed by atoms with Gasteiger partial charge in [0.2, 0.25) is 5.82 Å². The van der Waals surface area contributed by atoms with Crippen LogP contribution in [0.2, 0.25) is 0 Å². The summed E-state index contributed by atoms with van der Waals surface area (Å²) in [5.74, 6) is -0.0613. The lowest BCUT2D eigenvalue weighted by Gasteiger charge is -2.26. The van der Waals surface area contributed by atoms with E-state index >= 15 is 0 Å². The van der Waals surface area contributed by atoms with E-state index < -0.39 is 0 Å². The number of rotatable bonds is 5. The standard InChI is InChI=1S/C9H17N5O/c1-3-9(10,4-2)5-11-8(15)7-12-6-13-14-7/h6H,3-5,10H2,1-2H3,(H,11,15)(H,12,13,14). The number of H-pyrrole nitrogens is 1. The molecule has 4 N–H and O–H groups in total. The number of carbonyl (C=O) groups excluding carboxylic acids is 1. The first-order chi connectivity index (χ1) is 7.11. The van der Waals surface area contributed by atoms with E-state index in [1.807, 2.05) is 13.8 Å². The molecule has 0 aromatic carbocycles. The monoisotopic (exact) mass is 211 g/mol. The van der Waals surface area contributed by atoms with E-state index in [4.69, 9.17) is 5.73 Å². The third-order valence-electron chi connectivity index (χ3n) is 2.64. The predicted molar refractivity (Wildman–Crippen MR) is 56.2 cm³/mol. The number of hydrogen-bond acceptors (Lipinski definition) is 4. The number of nitrogens with one attached hydrogen (secondary N) is 2. The Morgan fingerprint density at radius 1 is 1.60 bits per heavy atom. The van der Waals surface area contributed by atoms with Crippen molar-refractivity contribution in [3.63, 3.8) is 0 Å². The molecule has 1 aromatic rings. The van der Waals surface area contributed by atoms with Gasteiger partial charge in [0.25, 0.3) is 5.91 Å². The molecule has 6 nitrogen and oxygen atoms in total. The summed E-state index contributed by atoms with van der Waals surface area (Å²) in [5.41, 5.74) is 5.70. The van der Waals surface area contributed by atoms with Crippen LogP contribution in [0.15, 0.2) is 6.33 Å². The van der Waals surface area contributed by atoms with Gasteiger partial charge in [-0.1, -0.05) is 13.8 Å². The molecule has 1 heterocycles. The third kappa shape index (κ3) is 3.02. The molecule has 0 bridgehead atoms. The van der Waals surface area contributed by atoms with E-state index in [2.05, 4.69) is 20.5 Å². The smallest absolute Gasteiger partial charge is 0.288 e. The first-order valence-electron chi connectivity index (χ1n) is 5.03. The number of aromatic nitrogens is 3. The molecule has 0 fully saturated rings. The maximum absolute atomic E-state index is 11.5. The second-order valence-corrected chi connectivity index (χ2v) is 3.59. The van der Waals surface area contributed by atoms with Crippen molar-refractivity contribution in [2.75, 3.05) is 6.54 Å². The first-order valence-corrected chi connectivity index (χ1v) is 5.03. The first kappa shape index (κ1) is 11.6. The second kappa shape index (κ2) is 4.88. The predicted octanol–water partition coefficient (Wildman–Crippen LogP) is 0.0520. The van der Waals surface area contributed by atoms with Crippen LogP contribution >= 0.6 is 0 Å². The molecule has 0 aliphatic rings. The Morgan fingerprint density at radius 3 is 2.73 bits per heavy atom. The normalized spacial score (nSPS) is 11.4. The summed E-state index contributed by atoms with van der Waals surface area (Å²) in [6, 6.07) is 0. The molecule has 0 radical (unpaired) electrons. The summed E-state index contributed by atoms with van der Waals surface area (Å²) in [6.07, 6.45) is 2.94. The van der Waals surface area contributed by atoms with Gasteiger partial charge in [-0.15, -0.1) is 0 Å². The highest BCUT2D eigenvalue weighted by atomic mass is 16.2. The van der Waals surface area contributed by atoms with Crippen LogP contribution in [0.4, 0.5) is 0 Å². The van der Waals surface area contributed by atoms with Crippen molar-refractivity contribution in [3.05, 3.63) is 12.2 Å². The van der Waals surface area contributed by atoms with Crippen molar-refractivity contribution < 1.29 is 4.79 Å². The van der Waals surface area contributed by atoms with Crippen LogP contribution in [-0.2, 0) is 0 Å². The Labute approximate surface area is 88.7 Å². The quantitative estimate of drug-likeness (QED) is 0.641. The van der Waals surface area contributed by atoms with Gasteiger partial charge in [-0.25, -0.2) is 4.98 Å². The molecule has 0 saturated heterocycles. The van der Waals surface area contributed by atoms with Gasteiger partial charge in [0.15, 0.2) is 0 Å². The molecule has 0 atom stereocenters. The lowest BCUT2D eigenvalue weighted by molar-refractivity contribution is 0.0932. The Balaban J connectivity index is 2.47. The number of nitrogens with two attached hydrogens (primary N) is 1. The van der Waals surface area contributed by atoms with Crippen LogP contribution in [0.1, 0.15) is 37.3 Å². The molecule has 84 valence electrons. The highest BCUT2D eigenvalue weighted by Crippen LogP contribution is 2.09. The van der Waals surface area contributed by atoms with Crippen molar-refractivity contribution >= 4 is 5.91 Å². The Bertz CT molecular complexity index is 304. The van der Waals surface area contributed by atoms with Gasteiger partial charge in [-0.3, -0.25) is 9.89 Å². The molecular formula is C9H17N5O. The van der Waals surface area contributed by atoms with Crippen molar-refractivity contribution in [1.29, 1.82) is 0 Å². The van der Waals surface area contributed by atoms with Gasteiger partial charge in [0.05, 0.1) is 0 Å². The highest BCUT2D eigenvalue weighted by Gasteiger charge is 2.21. The Kier molecular flexibility index (Phi) is 3.79.